The first-order chi connectivity index (χ1) is 16.7. The number of piperazine rings is 1. The maximum atomic E-state index is 12.6. The largest absolute Gasteiger partial charge is 0.484 e. The van der Waals surface area contributed by atoms with Crippen LogP contribution in [0.25, 0.3) is 22.0 Å². The molecule has 1 aliphatic heterocycles. The van der Waals surface area contributed by atoms with Crippen molar-refractivity contribution in [1.82, 2.24) is 15.1 Å². The van der Waals surface area contributed by atoms with E-state index in [1.165, 1.54) is 16.3 Å². The maximum absolute atomic E-state index is 12.6. The van der Waals surface area contributed by atoms with E-state index >= 15 is 0 Å². The van der Waals surface area contributed by atoms with Crippen molar-refractivity contribution in [3.63, 3.8) is 0 Å². The second-order valence-electron chi connectivity index (χ2n) is 8.46. The minimum absolute atomic E-state index is 0.0107. The van der Waals surface area contributed by atoms with Crippen LogP contribution >= 0.6 is 0 Å². The Kier molecular flexibility index (Phi) is 6.38. The van der Waals surface area contributed by atoms with Gasteiger partial charge in [-0.25, -0.2) is 0 Å². The van der Waals surface area contributed by atoms with Crippen LogP contribution in [-0.4, -0.2) is 53.8 Å². The van der Waals surface area contributed by atoms with Crippen LogP contribution < -0.4 is 9.64 Å². The number of aromatic nitrogens is 2. The Labute approximate surface area is 199 Å². The summed E-state index contributed by atoms with van der Waals surface area (Å²) in [7, 11) is 0. The van der Waals surface area contributed by atoms with Crippen molar-refractivity contribution in [2.45, 2.75) is 13.3 Å². The van der Waals surface area contributed by atoms with Crippen molar-refractivity contribution in [3.8, 4) is 17.0 Å². The van der Waals surface area contributed by atoms with Crippen LogP contribution in [0, 0.1) is 0 Å². The smallest absolute Gasteiger partial charge is 0.260 e. The van der Waals surface area contributed by atoms with Crippen LogP contribution in [0.15, 0.2) is 78.9 Å². The molecule has 0 spiro atoms. The molecule has 0 bridgehead atoms. The zero-order valence-corrected chi connectivity index (χ0v) is 19.4. The standard InChI is InChI=1S/C28H28N4O2/c1-2-21-10-12-23(13-11-21)34-20-28(33)32-18-16-31(17-19-32)27-15-14-26(29-30-27)25-9-5-7-22-6-3-4-8-24(22)25/h3-15H,2,16-20H2,1H3. The van der Waals surface area contributed by atoms with Gasteiger partial charge in [-0.3, -0.25) is 4.79 Å². The Morgan fingerprint density at radius 3 is 2.35 bits per heavy atom. The SMILES string of the molecule is CCc1ccc(OCC(=O)N2CCN(c3ccc(-c4cccc5ccccc45)nn3)CC2)cc1. The molecule has 0 radical (unpaired) electrons. The number of benzene rings is 3. The van der Waals surface area contributed by atoms with Crippen molar-refractivity contribution in [2.24, 2.45) is 0 Å². The number of anilines is 1. The Morgan fingerprint density at radius 2 is 1.62 bits per heavy atom. The highest BCUT2D eigenvalue weighted by molar-refractivity contribution is 5.95. The molecule has 172 valence electrons. The molecular weight excluding hydrogens is 424 g/mol. The number of fused-ring (bicyclic) bond motifs is 1. The zero-order valence-electron chi connectivity index (χ0n) is 19.4. The molecule has 0 saturated carbocycles. The van der Waals surface area contributed by atoms with E-state index in [4.69, 9.17) is 4.74 Å². The number of hydrogen-bond acceptors (Lipinski definition) is 5. The van der Waals surface area contributed by atoms with Gasteiger partial charge in [0.05, 0.1) is 5.69 Å². The third kappa shape index (κ3) is 4.71. The number of ether oxygens (including phenoxy) is 1. The minimum atomic E-state index is 0.0107. The van der Waals surface area contributed by atoms with Crippen LogP contribution in [0.4, 0.5) is 5.82 Å². The van der Waals surface area contributed by atoms with Gasteiger partial charge in [0.15, 0.2) is 12.4 Å². The normalized spacial score (nSPS) is 13.8. The van der Waals surface area contributed by atoms with Gasteiger partial charge in [-0.2, -0.15) is 0 Å². The molecule has 2 heterocycles. The first-order valence-corrected chi connectivity index (χ1v) is 11.8. The molecule has 1 aliphatic rings. The molecule has 1 fully saturated rings. The summed E-state index contributed by atoms with van der Waals surface area (Å²) >= 11 is 0. The molecule has 1 saturated heterocycles. The topological polar surface area (TPSA) is 58.6 Å². The van der Waals surface area contributed by atoms with E-state index in [1.807, 2.05) is 59.5 Å². The summed E-state index contributed by atoms with van der Waals surface area (Å²) in [5.41, 5.74) is 3.19. The Hall–Kier alpha value is -3.93. The predicted octanol–water partition coefficient (Wildman–Crippen LogP) is 4.59. The van der Waals surface area contributed by atoms with E-state index in [0.717, 1.165) is 42.3 Å². The van der Waals surface area contributed by atoms with E-state index in [2.05, 4.69) is 46.3 Å². The van der Waals surface area contributed by atoms with Crippen LogP contribution in [-0.2, 0) is 11.2 Å². The molecule has 1 amide bonds. The van der Waals surface area contributed by atoms with Crippen LogP contribution in [0.3, 0.4) is 0 Å². The molecule has 3 aromatic carbocycles. The van der Waals surface area contributed by atoms with E-state index in [9.17, 15) is 4.79 Å². The second-order valence-corrected chi connectivity index (χ2v) is 8.46. The third-order valence-corrected chi connectivity index (χ3v) is 6.37. The molecule has 0 aliphatic carbocycles. The second kappa shape index (κ2) is 9.91. The molecule has 0 N–H and O–H groups in total. The van der Waals surface area contributed by atoms with Gasteiger partial charge < -0.3 is 14.5 Å². The summed E-state index contributed by atoms with van der Waals surface area (Å²) in [6.07, 6.45) is 0.986. The molecule has 0 unspecified atom stereocenters. The van der Waals surface area contributed by atoms with Crippen molar-refractivity contribution in [3.05, 3.63) is 84.4 Å². The quantitative estimate of drug-likeness (QED) is 0.428. The van der Waals surface area contributed by atoms with Gasteiger partial charge in [0.25, 0.3) is 5.91 Å². The number of rotatable bonds is 6. The van der Waals surface area contributed by atoms with Gasteiger partial charge in [0.2, 0.25) is 0 Å². The summed E-state index contributed by atoms with van der Waals surface area (Å²) < 4.78 is 5.69. The zero-order chi connectivity index (χ0) is 23.3. The molecule has 6 heteroatoms. The number of hydrogen-bond donors (Lipinski definition) is 0. The molecule has 6 nitrogen and oxygen atoms in total. The Morgan fingerprint density at radius 1 is 0.853 bits per heavy atom. The number of aryl methyl sites for hydroxylation is 1. The van der Waals surface area contributed by atoms with Gasteiger partial charge in [0.1, 0.15) is 5.75 Å². The highest BCUT2D eigenvalue weighted by Crippen LogP contribution is 2.27. The summed E-state index contributed by atoms with van der Waals surface area (Å²) in [6.45, 7) is 4.90. The van der Waals surface area contributed by atoms with E-state index in [0.29, 0.717) is 13.1 Å². The summed E-state index contributed by atoms with van der Waals surface area (Å²) in [4.78, 5) is 16.6. The Balaban J connectivity index is 1.17. The third-order valence-electron chi connectivity index (χ3n) is 6.37. The summed E-state index contributed by atoms with van der Waals surface area (Å²) in [5, 5.41) is 11.4. The molecule has 1 aromatic heterocycles. The van der Waals surface area contributed by atoms with Gasteiger partial charge >= 0.3 is 0 Å². The van der Waals surface area contributed by atoms with Crippen molar-refractivity contribution >= 4 is 22.5 Å². The lowest BCUT2D eigenvalue weighted by molar-refractivity contribution is -0.133. The van der Waals surface area contributed by atoms with Gasteiger partial charge in [-0.05, 0) is 47.0 Å². The van der Waals surface area contributed by atoms with Crippen molar-refractivity contribution in [1.29, 1.82) is 0 Å². The molecule has 0 atom stereocenters. The van der Waals surface area contributed by atoms with Crippen LogP contribution in [0.5, 0.6) is 5.75 Å². The van der Waals surface area contributed by atoms with Gasteiger partial charge in [-0.15, -0.1) is 10.2 Å². The van der Waals surface area contributed by atoms with Gasteiger partial charge in [0, 0.05) is 31.7 Å². The van der Waals surface area contributed by atoms with E-state index in [1.54, 1.807) is 0 Å². The minimum Gasteiger partial charge on any atom is -0.484 e. The highest BCUT2D eigenvalue weighted by atomic mass is 16.5. The molecule has 34 heavy (non-hydrogen) atoms. The maximum Gasteiger partial charge on any atom is 0.260 e. The van der Waals surface area contributed by atoms with Crippen LogP contribution in [0.2, 0.25) is 0 Å². The fourth-order valence-corrected chi connectivity index (χ4v) is 4.33. The molecular formula is C28H28N4O2. The lowest BCUT2D eigenvalue weighted by Gasteiger charge is -2.35. The summed E-state index contributed by atoms with van der Waals surface area (Å²) in [5.74, 6) is 1.57. The fraction of sp³-hybridized carbons (Fsp3) is 0.250. The van der Waals surface area contributed by atoms with Crippen LogP contribution in [0.1, 0.15) is 12.5 Å². The lowest BCUT2D eigenvalue weighted by atomic mass is 10.0. The average Bonchev–Trinajstić information content (AvgIpc) is 2.92. The van der Waals surface area contributed by atoms with Crippen molar-refractivity contribution in [2.75, 3.05) is 37.7 Å². The van der Waals surface area contributed by atoms with Crippen molar-refractivity contribution < 1.29 is 9.53 Å². The monoisotopic (exact) mass is 452 g/mol. The first-order valence-electron chi connectivity index (χ1n) is 11.8. The summed E-state index contributed by atoms with van der Waals surface area (Å²) in [6, 6.07) is 26.5. The first kappa shape index (κ1) is 21.9. The average molecular weight is 453 g/mol. The number of amides is 1. The molecule has 5 rings (SSSR count). The van der Waals surface area contributed by atoms with E-state index < -0.39 is 0 Å². The number of nitrogens with zero attached hydrogens (tertiary/aromatic N) is 4. The Bertz CT molecular complexity index is 1260. The number of carbonyl (C=O) groups is 1. The highest BCUT2D eigenvalue weighted by Gasteiger charge is 2.22. The fourth-order valence-electron chi connectivity index (χ4n) is 4.33. The number of carbonyl (C=O) groups excluding carboxylic acids is 1. The predicted molar refractivity (Wildman–Crippen MR) is 135 cm³/mol. The lowest BCUT2D eigenvalue weighted by Crippen LogP contribution is -2.50. The van der Waals surface area contributed by atoms with Gasteiger partial charge in [-0.1, -0.05) is 61.5 Å². The van der Waals surface area contributed by atoms with E-state index in [-0.39, 0.29) is 12.5 Å². The molecule has 4 aromatic rings.